The van der Waals surface area contributed by atoms with Crippen LogP contribution in [0.25, 0.3) is 0 Å². The fraction of sp³-hybridized carbons (Fsp3) is 0.422. The van der Waals surface area contributed by atoms with Crippen molar-refractivity contribution in [2.75, 3.05) is 14.2 Å². The molecule has 4 aromatic rings. The molecule has 6 heteroatoms. The standard InChI is InChI=1S/C23H30O3.C22H28O3/c1-16-6-8-18(9-7-16)17(2)14-20(15-23(3,4)22(25)26-5)19-10-12-21(24)13-11-19;1-16(17-8-6-5-7-9-17)14-19(15-22(2,3)21(24)25-4)18-10-12-20(23)13-11-18/h6-13,17,20,24H,14-15H2,1-5H3;5-13,16,19,23H,14-15H2,1-4H3. The predicted molar refractivity (Wildman–Crippen MR) is 206 cm³/mol. The third-order valence-corrected chi connectivity index (χ3v) is 10.0. The normalized spacial score (nSPS) is 13.9. The van der Waals surface area contributed by atoms with Gasteiger partial charge in [-0.25, -0.2) is 0 Å². The van der Waals surface area contributed by atoms with Crippen molar-refractivity contribution in [2.45, 2.75) is 97.8 Å². The first-order valence-corrected chi connectivity index (χ1v) is 17.9. The minimum atomic E-state index is -0.565. The zero-order valence-electron chi connectivity index (χ0n) is 32.0. The molecule has 6 nitrogen and oxygen atoms in total. The van der Waals surface area contributed by atoms with Gasteiger partial charge in [-0.2, -0.15) is 0 Å². The van der Waals surface area contributed by atoms with Crippen molar-refractivity contribution < 1.29 is 29.3 Å². The monoisotopic (exact) mass is 694 g/mol. The third kappa shape index (κ3) is 12.3. The smallest absolute Gasteiger partial charge is 0.311 e. The molecule has 0 aliphatic heterocycles. The Hall–Kier alpha value is -4.58. The SMILES string of the molecule is COC(=O)C(C)(C)CC(CC(C)c1ccc(C)cc1)c1ccc(O)cc1.COC(=O)C(C)(C)CC(CC(C)c1ccccc1)c1ccc(O)cc1. The van der Waals surface area contributed by atoms with Crippen molar-refractivity contribution in [3.05, 3.63) is 131 Å². The van der Waals surface area contributed by atoms with Gasteiger partial charge in [0, 0.05) is 0 Å². The summed E-state index contributed by atoms with van der Waals surface area (Å²) in [7, 11) is 2.88. The summed E-state index contributed by atoms with van der Waals surface area (Å²) in [6.07, 6.45) is 3.24. The molecule has 0 aliphatic rings. The van der Waals surface area contributed by atoms with Crippen LogP contribution in [0.1, 0.15) is 119 Å². The summed E-state index contributed by atoms with van der Waals surface area (Å²) < 4.78 is 9.98. The summed E-state index contributed by atoms with van der Waals surface area (Å²) in [5.41, 5.74) is 4.99. The molecule has 51 heavy (non-hydrogen) atoms. The maximum atomic E-state index is 12.2. The number of carbonyl (C=O) groups is 2. The Kier molecular flexibility index (Phi) is 14.9. The summed E-state index contributed by atoms with van der Waals surface area (Å²) >= 11 is 0. The lowest BCUT2D eigenvalue weighted by Gasteiger charge is -2.29. The number of carbonyl (C=O) groups excluding carboxylic acids is 2. The lowest BCUT2D eigenvalue weighted by atomic mass is 9.75. The van der Waals surface area contributed by atoms with Gasteiger partial charge in [-0.15, -0.1) is 0 Å². The molecule has 2 N–H and O–H groups in total. The van der Waals surface area contributed by atoms with Crippen LogP contribution in [0.5, 0.6) is 11.5 Å². The van der Waals surface area contributed by atoms with E-state index in [1.165, 1.54) is 30.9 Å². The zero-order chi connectivity index (χ0) is 37.8. The quantitative estimate of drug-likeness (QED) is 0.128. The van der Waals surface area contributed by atoms with Gasteiger partial charge in [-0.05, 0) is 130 Å². The molecule has 0 radical (unpaired) electrons. The van der Waals surface area contributed by atoms with Crippen LogP contribution in [0.15, 0.2) is 103 Å². The molecule has 0 amide bonds. The fourth-order valence-corrected chi connectivity index (χ4v) is 6.92. The van der Waals surface area contributed by atoms with E-state index in [4.69, 9.17) is 9.47 Å². The van der Waals surface area contributed by atoms with Crippen molar-refractivity contribution in [1.82, 2.24) is 0 Å². The maximum Gasteiger partial charge on any atom is 0.311 e. The molecule has 0 aromatic heterocycles. The summed E-state index contributed by atoms with van der Waals surface area (Å²) in [5, 5.41) is 19.2. The van der Waals surface area contributed by atoms with Crippen LogP contribution < -0.4 is 0 Å². The number of methoxy groups -OCH3 is 2. The van der Waals surface area contributed by atoms with Crippen LogP contribution in [-0.2, 0) is 19.1 Å². The van der Waals surface area contributed by atoms with Gasteiger partial charge in [0.25, 0.3) is 0 Å². The molecule has 4 rings (SSSR count). The average molecular weight is 695 g/mol. The highest BCUT2D eigenvalue weighted by Crippen LogP contribution is 2.41. The summed E-state index contributed by atoms with van der Waals surface area (Å²) in [4.78, 5) is 24.3. The Bertz CT molecular complexity index is 1640. The molecule has 274 valence electrons. The van der Waals surface area contributed by atoms with Crippen LogP contribution >= 0.6 is 0 Å². The lowest BCUT2D eigenvalue weighted by molar-refractivity contribution is -0.152. The number of benzene rings is 4. The number of rotatable bonds is 14. The zero-order valence-corrected chi connectivity index (χ0v) is 32.0. The molecule has 0 aliphatic carbocycles. The molecule has 0 heterocycles. The van der Waals surface area contributed by atoms with E-state index in [9.17, 15) is 19.8 Å². The van der Waals surface area contributed by atoms with Crippen molar-refractivity contribution in [3.8, 4) is 11.5 Å². The summed E-state index contributed by atoms with van der Waals surface area (Å²) in [5.74, 6) is 1.26. The number of aromatic hydroxyl groups is 2. The highest BCUT2D eigenvalue weighted by Gasteiger charge is 2.34. The van der Waals surface area contributed by atoms with Gasteiger partial charge < -0.3 is 19.7 Å². The van der Waals surface area contributed by atoms with Crippen LogP contribution in [0.4, 0.5) is 0 Å². The minimum Gasteiger partial charge on any atom is -0.508 e. The molecule has 0 saturated heterocycles. The van der Waals surface area contributed by atoms with Gasteiger partial charge in [0.15, 0.2) is 0 Å². The number of phenols is 2. The van der Waals surface area contributed by atoms with Crippen molar-refractivity contribution >= 4 is 11.9 Å². The first-order valence-electron chi connectivity index (χ1n) is 17.9. The topological polar surface area (TPSA) is 93.1 Å². The number of hydrogen-bond acceptors (Lipinski definition) is 6. The largest absolute Gasteiger partial charge is 0.508 e. The van der Waals surface area contributed by atoms with E-state index in [1.807, 2.05) is 58.0 Å². The molecular formula is C45H58O6. The highest BCUT2D eigenvalue weighted by atomic mass is 16.5. The van der Waals surface area contributed by atoms with Crippen LogP contribution in [0, 0.1) is 17.8 Å². The van der Waals surface area contributed by atoms with Gasteiger partial charge in [0.2, 0.25) is 0 Å². The highest BCUT2D eigenvalue weighted by molar-refractivity contribution is 5.76. The van der Waals surface area contributed by atoms with Gasteiger partial charge in [-0.1, -0.05) is 98.3 Å². The molecule has 0 fully saturated rings. The molecule has 0 saturated carbocycles. The Balaban J connectivity index is 0.000000276. The van der Waals surface area contributed by atoms with Gasteiger partial charge >= 0.3 is 11.9 Å². The number of hydrogen-bond donors (Lipinski definition) is 2. The number of esters is 2. The van der Waals surface area contributed by atoms with E-state index < -0.39 is 10.8 Å². The average Bonchev–Trinajstić information content (AvgIpc) is 3.11. The molecule has 4 unspecified atom stereocenters. The van der Waals surface area contributed by atoms with E-state index in [0.29, 0.717) is 24.7 Å². The molecular weight excluding hydrogens is 636 g/mol. The number of phenolic OH excluding ortho intramolecular Hbond substituents is 2. The molecule has 4 aromatic carbocycles. The fourth-order valence-electron chi connectivity index (χ4n) is 6.92. The van der Waals surface area contributed by atoms with Crippen molar-refractivity contribution in [1.29, 1.82) is 0 Å². The van der Waals surface area contributed by atoms with Gasteiger partial charge in [-0.3, -0.25) is 9.59 Å². The minimum absolute atomic E-state index is 0.190. The predicted octanol–water partition coefficient (Wildman–Crippen LogP) is 10.8. The Labute approximate surface area is 305 Å². The van der Waals surface area contributed by atoms with Crippen molar-refractivity contribution in [2.24, 2.45) is 10.8 Å². The summed E-state index contributed by atoms with van der Waals surface area (Å²) in [6, 6.07) is 33.7. The molecule has 0 spiro atoms. The van der Waals surface area contributed by atoms with Gasteiger partial charge in [0.1, 0.15) is 11.5 Å². The maximum absolute atomic E-state index is 12.2. The van der Waals surface area contributed by atoms with Crippen molar-refractivity contribution in [3.63, 3.8) is 0 Å². The van der Waals surface area contributed by atoms with Crippen LogP contribution in [-0.4, -0.2) is 36.4 Å². The second-order valence-electron chi connectivity index (χ2n) is 15.3. The van der Waals surface area contributed by atoms with Crippen LogP contribution in [0.3, 0.4) is 0 Å². The first kappa shape index (κ1) is 40.8. The number of ether oxygens (including phenoxy) is 2. The van der Waals surface area contributed by atoms with E-state index in [0.717, 1.165) is 24.0 Å². The van der Waals surface area contributed by atoms with E-state index in [-0.39, 0.29) is 35.3 Å². The van der Waals surface area contributed by atoms with E-state index in [2.05, 4.69) is 69.3 Å². The second kappa shape index (κ2) is 18.6. The number of aryl methyl sites for hydroxylation is 1. The second-order valence-corrected chi connectivity index (χ2v) is 15.3. The Morgan fingerprint density at radius 2 is 0.882 bits per heavy atom. The molecule has 0 bridgehead atoms. The summed E-state index contributed by atoms with van der Waals surface area (Å²) in [6.45, 7) is 14.3. The third-order valence-electron chi connectivity index (χ3n) is 10.0. The van der Waals surface area contributed by atoms with Gasteiger partial charge in [0.05, 0.1) is 25.0 Å². The first-order chi connectivity index (χ1) is 24.1. The Morgan fingerprint density at radius 1 is 0.549 bits per heavy atom. The lowest BCUT2D eigenvalue weighted by Crippen LogP contribution is -2.28. The van der Waals surface area contributed by atoms with Crippen LogP contribution in [0.2, 0.25) is 0 Å². The van der Waals surface area contributed by atoms with E-state index in [1.54, 1.807) is 24.3 Å². The molecule has 4 atom stereocenters. The van der Waals surface area contributed by atoms with E-state index >= 15 is 0 Å². The Morgan fingerprint density at radius 3 is 1.24 bits per heavy atom.